The molecule has 0 aliphatic heterocycles. The Bertz CT molecular complexity index is 113. The Morgan fingerprint density at radius 3 is 2.23 bits per heavy atom. The quantitative estimate of drug-likeness (QED) is 0.470. The lowest BCUT2D eigenvalue weighted by Gasteiger charge is -2.26. The van der Waals surface area contributed by atoms with Crippen LogP contribution in [0, 0.1) is 5.41 Å². The zero-order valence-electron chi connectivity index (χ0n) is 9.14. The molecule has 0 aliphatic rings. The zero-order chi connectivity index (χ0) is 10.2. The van der Waals surface area contributed by atoms with Crippen molar-refractivity contribution in [2.75, 3.05) is 19.8 Å². The molecular weight excluding hydrogens is 166 g/mol. The van der Waals surface area contributed by atoms with Crippen LogP contribution in [0.15, 0.2) is 0 Å². The van der Waals surface area contributed by atoms with E-state index in [1.807, 2.05) is 0 Å². The predicted molar refractivity (Wildman–Crippen MR) is 54.3 cm³/mol. The number of hydrogen-bond acceptors (Lipinski definition) is 3. The highest BCUT2D eigenvalue weighted by molar-refractivity contribution is 4.69. The Kier molecular flexibility index (Phi) is 7.23. The minimum Gasteiger partial charge on any atom is -0.381 e. The van der Waals surface area contributed by atoms with Crippen molar-refractivity contribution in [2.45, 2.75) is 40.0 Å². The fourth-order valence-electron chi connectivity index (χ4n) is 1.02. The Labute approximate surface area is 81.5 Å². The minimum absolute atomic E-state index is 0.337. The molecular formula is C10H23NO2. The van der Waals surface area contributed by atoms with E-state index in [2.05, 4.69) is 25.6 Å². The van der Waals surface area contributed by atoms with Crippen molar-refractivity contribution in [3.63, 3.8) is 0 Å². The van der Waals surface area contributed by atoms with Crippen molar-refractivity contribution in [3.05, 3.63) is 0 Å². The van der Waals surface area contributed by atoms with Crippen LogP contribution in [-0.2, 0) is 9.57 Å². The fraction of sp³-hybridized carbons (Fsp3) is 1.00. The first kappa shape index (κ1) is 12.9. The first-order valence-electron chi connectivity index (χ1n) is 5.08. The van der Waals surface area contributed by atoms with Gasteiger partial charge in [-0.1, -0.05) is 20.8 Å². The topological polar surface area (TPSA) is 44.5 Å². The molecule has 13 heavy (non-hydrogen) atoms. The zero-order valence-corrected chi connectivity index (χ0v) is 9.14. The van der Waals surface area contributed by atoms with E-state index in [4.69, 9.17) is 10.6 Å². The molecule has 0 aromatic heterocycles. The van der Waals surface area contributed by atoms with Gasteiger partial charge < -0.3 is 9.57 Å². The molecule has 0 bridgehead atoms. The van der Waals surface area contributed by atoms with E-state index >= 15 is 0 Å². The lowest BCUT2D eigenvalue weighted by molar-refractivity contribution is 0.0320. The summed E-state index contributed by atoms with van der Waals surface area (Å²) >= 11 is 0. The van der Waals surface area contributed by atoms with Gasteiger partial charge in [0, 0.05) is 6.61 Å². The summed E-state index contributed by atoms with van der Waals surface area (Å²) in [6.45, 7) is 8.82. The Morgan fingerprint density at radius 1 is 1.15 bits per heavy atom. The fourth-order valence-corrected chi connectivity index (χ4v) is 1.02. The molecule has 0 heterocycles. The van der Waals surface area contributed by atoms with Crippen LogP contribution in [0.2, 0.25) is 0 Å². The molecule has 0 saturated heterocycles. The number of nitrogens with two attached hydrogens (primary N) is 1. The maximum atomic E-state index is 5.55. The van der Waals surface area contributed by atoms with Crippen molar-refractivity contribution in [1.29, 1.82) is 0 Å². The van der Waals surface area contributed by atoms with E-state index in [1.165, 1.54) is 0 Å². The van der Waals surface area contributed by atoms with Gasteiger partial charge in [0.05, 0.1) is 13.2 Å². The Balaban J connectivity index is 3.39. The Hall–Kier alpha value is -0.120. The Morgan fingerprint density at radius 2 is 1.77 bits per heavy atom. The van der Waals surface area contributed by atoms with Gasteiger partial charge in [0.1, 0.15) is 0 Å². The molecule has 3 heteroatoms. The molecule has 0 radical (unpaired) electrons. The van der Waals surface area contributed by atoms with Gasteiger partial charge in [-0.3, -0.25) is 0 Å². The summed E-state index contributed by atoms with van der Waals surface area (Å²) in [5.74, 6) is 4.89. The molecule has 0 aromatic rings. The maximum absolute atomic E-state index is 5.55. The largest absolute Gasteiger partial charge is 0.381 e. The van der Waals surface area contributed by atoms with Gasteiger partial charge >= 0.3 is 0 Å². The van der Waals surface area contributed by atoms with Gasteiger partial charge in [-0.25, -0.2) is 5.90 Å². The van der Waals surface area contributed by atoms with Crippen molar-refractivity contribution >= 4 is 0 Å². The first-order valence-corrected chi connectivity index (χ1v) is 5.08. The first-order chi connectivity index (χ1) is 6.18. The van der Waals surface area contributed by atoms with E-state index < -0.39 is 0 Å². The average molecular weight is 189 g/mol. The second-order valence-electron chi connectivity index (χ2n) is 3.79. The lowest BCUT2D eigenvalue weighted by Crippen LogP contribution is -2.22. The second-order valence-corrected chi connectivity index (χ2v) is 3.79. The van der Waals surface area contributed by atoms with Crippen LogP contribution in [0.1, 0.15) is 40.0 Å². The molecule has 2 N–H and O–H groups in total. The molecule has 0 fully saturated rings. The summed E-state index contributed by atoms with van der Waals surface area (Å²) in [5, 5.41) is 0. The highest BCUT2D eigenvalue weighted by Gasteiger charge is 2.19. The molecule has 0 atom stereocenters. The third kappa shape index (κ3) is 6.02. The van der Waals surface area contributed by atoms with E-state index in [0.29, 0.717) is 12.0 Å². The van der Waals surface area contributed by atoms with Crippen molar-refractivity contribution in [1.82, 2.24) is 0 Å². The third-order valence-corrected chi connectivity index (χ3v) is 2.71. The van der Waals surface area contributed by atoms with Crippen molar-refractivity contribution in [3.8, 4) is 0 Å². The van der Waals surface area contributed by atoms with Crippen molar-refractivity contribution in [2.24, 2.45) is 11.3 Å². The molecule has 80 valence electrons. The van der Waals surface area contributed by atoms with Crippen molar-refractivity contribution < 1.29 is 9.57 Å². The van der Waals surface area contributed by atoms with Gasteiger partial charge in [0.25, 0.3) is 0 Å². The molecule has 3 nitrogen and oxygen atoms in total. The monoisotopic (exact) mass is 189 g/mol. The molecule has 0 spiro atoms. The van der Waals surface area contributed by atoms with Gasteiger partial charge in [0.15, 0.2) is 0 Å². The highest BCUT2D eigenvalue weighted by atomic mass is 16.6. The van der Waals surface area contributed by atoms with E-state index in [1.54, 1.807) is 0 Å². The van der Waals surface area contributed by atoms with Crippen LogP contribution < -0.4 is 5.90 Å². The van der Waals surface area contributed by atoms with Gasteiger partial charge in [-0.2, -0.15) is 0 Å². The van der Waals surface area contributed by atoms with Crippen LogP contribution in [0.4, 0.5) is 0 Å². The van der Waals surface area contributed by atoms with Gasteiger partial charge in [0.2, 0.25) is 0 Å². The average Bonchev–Trinajstić information content (AvgIpc) is 2.17. The van der Waals surface area contributed by atoms with E-state index in [0.717, 1.165) is 32.5 Å². The van der Waals surface area contributed by atoms with Crippen LogP contribution in [0.3, 0.4) is 0 Å². The van der Waals surface area contributed by atoms with Crippen LogP contribution >= 0.6 is 0 Å². The molecule has 0 unspecified atom stereocenters. The normalized spacial score (nSPS) is 12.0. The summed E-state index contributed by atoms with van der Waals surface area (Å²) < 4.78 is 5.55. The summed E-state index contributed by atoms with van der Waals surface area (Å²) in [4.78, 5) is 4.45. The third-order valence-electron chi connectivity index (χ3n) is 2.71. The van der Waals surface area contributed by atoms with Gasteiger partial charge in [-0.15, -0.1) is 0 Å². The lowest BCUT2D eigenvalue weighted by atomic mass is 9.86. The number of ether oxygens (including phenoxy) is 1. The SMILES string of the molecule is CCC(C)(CC)COCCCON. The van der Waals surface area contributed by atoms with Crippen LogP contribution in [0.25, 0.3) is 0 Å². The minimum atomic E-state index is 0.337. The molecule has 0 saturated carbocycles. The van der Waals surface area contributed by atoms with Crippen LogP contribution in [-0.4, -0.2) is 19.8 Å². The molecule has 0 amide bonds. The van der Waals surface area contributed by atoms with Gasteiger partial charge in [-0.05, 0) is 24.7 Å². The molecule has 0 aliphatic carbocycles. The maximum Gasteiger partial charge on any atom is 0.0701 e. The standard InChI is InChI=1S/C10H23NO2/c1-4-10(3,5-2)9-12-7-6-8-13-11/h4-9,11H2,1-3H3. The number of hydrogen-bond donors (Lipinski definition) is 1. The highest BCUT2D eigenvalue weighted by Crippen LogP contribution is 2.25. The summed E-state index contributed by atoms with van der Waals surface area (Å²) in [6.07, 6.45) is 3.20. The smallest absolute Gasteiger partial charge is 0.0701 e. The van der Waals surface area contributed by atoms with E-state index in [9.17, 15) is 0 Å². The summed E-state index contributed by atoms with van der Waals surface area (Å²) in [5.41, 5.74) is 0.337. The molecule has 0 rings (SSSR count). The second kappa shape index (κ2) is 7.30. The van der Waals surface area contributed by atoms with E-state index in [-0.39, 0.29) is 0 Å². The predicted octanol–water partition coefficient (Wildman–Crippen LogP) is 2.11. The summed E-state index contributed by atoms with van der Waals surface area (Å²) in [7, 11) is 0. The molecule has 0 aromatic carbocycles. The number of rotatable bonds is 8. The van der Waals surface area contributed by atoms with Crippen LogP contribution in [0.5, 0.6) is 0 Å². The summed E-state index contributed by atoms with van der Waals surface area (Å²) in [6, 6.07) is 0.